The summed E-state index contributed by atoms with van der Waals surface area (Å²) < 4.78 is 39.0. The molecule has 3 aliphatic heterocycles. The number of halogens is 1. The van der Waals surface area contributed by atoms with Gasteiger partial charge in [-0.3, -0.25) is 14.3 Å². The van der Waals surface area contributed by atoms with E-state index in [1.54, 1.807) is 13.2 Å². The number of anilines is 1. The van der Waals surface area contributed by atoms with E-state index < -0.39 is 33.7 Å². The molecule has 2 aliphatic carbocycles. The van der Waals surface area contributed by atoms with Crippen LogP contribution >= 0.6 is 11.6 Å². The van der Waals surface area contributed by atoms with Gasteiger partial charge in [0.2, 0.25) is 5.91 Å². The molecule has 1 N–H and O–H groups in total. The molecule has 2 aromatic carbocycles. The van der Waals surface area contributed by atoms with E-state index in [4.69, 9.17) is 25.8 Å². The van der Waals surface area contributed by atoms with Crippen LogP contribution in [-0.4, -0.2) is 85.9 Å². The summed E-state index contributed by atoms with van der Waals surface area (Å²) in [6.45, 7) is 4.38. The third-order valence-electron chi connectivity index (χ3n) is 11.8. The molecule has 3 heterocycles. The number of methoxy groups -OCH3 is 2. The summed E-state index contributed by atoms with van der Waals surface area (Å²) in [5.74, 6) is -0.554. The molecule has 2 fully saturated rings. The number of nitrogens with zero attached hydrogens (tertiary/aromatic N) is 3. The minimum atomic E-state index is -3.55. The third-order valence-corrected chi connectivity index (χ3v) is 14.0. The Morgan fingerprint density at radius 3 is 2.73 bits per heavy atom. The first kappa shape index (κ1) is 36.7. The number of likely N-dealkylation sites (tertiary alicyclic amines) is 1. The number of carbonyl (C=O) groups is 3. The summed E-state index contributed by atoms with van der Waals surface area (Å²) in [4.78, 5) is 43.4. The molecule has 7 atom stereocenters. The number of aryl methyl sites for hydroxylation is 1. The fraction of sp³-hybridized carbons (Fsp3) is 0.564. The number of benzene rings is 2. The molecule has 0 aromatic heterocycles. The Labute approximate surface area is 311 Å². The Morgan fingerprint density at radius 1 is 1.12 bits per heavy atom. The zero-order chi connectivity index (χ0) is 36.6. The molecule has 13 heteroatoms. The van der Waals surface area contributed by atoms with Crippen LogP contribution in [0.3, 0.4) is 0 Å². The number of carbonyl (C=O) groups excluding carboxylic acids is 3. The monoisotopic (exact) mass is 752 g/mol. The van der Waals surface area contributed by atoms with Crippen molar-refractivity contribution in [1.29, 1.82) is 0 Å². The Balaban J connectivity index is 1.26. The quantitative estimate of drug-likeness (QED) is 0.369. The predicted molar refractivity (Wildman–Crippen MR) is 200 cm³/mol. The largest absolute Gasteiger partial charge is 0.490 e. The highest BCUT2D eigenvalue weighted by atomic mass is 35.5. The van der Waals surface area contributed by atoms with Crippen LogP contribution in [0.25, 0.3) is 0 Å². The van der Waals surface area contributed by atoms with Crippen molar-refractivity contribution in [2.45, 2.75) is 63.4 Å². The average Bonchev–Trinajstić information content (AvgIpc) is 3.56. The minimum Gasteiger partial charge on any atom is -0.490 e. The van der Waals surface area contributed by atoms with Crippen molar-refractivity contribution in [2.24, 2.45) is 28.0 Å². The summed E-state index contributed by atoms with van der Waals surface area (Å²) in [7, 11) is -0.505. The number of rotatable bonds is 3. The lowest BCUT2D eigenvalue weighted by atomic mass is 9.68. The van der Waals surface area contributed by atoms with Crippen LogP contribution in [0.4, 0.5) is 10.5 Å². The van der Waals surface area contributed by atoms with Crippen molar-refractivity contribution in [3.8, 4) is 5.75 Å². The van der Waals surface area contributed by atoms with Gasteiger partial charge in [-0.1, -0.05) is 36.7 Å². The van der Waals surface area contributed by atoms with Crippen molar-refractivity contribution in [2.75, 3.05) is 57.7 Å². The highest BCUT2D eigenvalue weighted by Gasteiger charge is 2.44. The fourth-order valence-corrected chi connectivity index (χ4v) is 11.0. The van der Waals surface area contributed by atoms with Crippen molar-refractivity contribution in [1.82, 2.24) is 9.62 Å². The maximum Gasteiger partial charge on any atom is 0.409 e. The molecule has 280 valence electrons. The lowest BCUT2D eigenvalue weighted by Crippen LogP contribution is -2.49. The van der Waals surface area contributed by atoms with Gasteiger partial charge in [0, 0.05) is 49.3 Å². The first-order valence-electron chi connectivity index (χ1n) is 18.4. The van der Waals surface area contributed by atoms with Crippen molar-refractivity contribution >= 4 is 45.1 Å². The number of nitrogens with one attached hydrogen (secondary N) is 1. The maximum atomic E-state index is 14.6. The normalized spacial score (nSPS) is 32.3. The molecule has 1 saturated heterocycles. The molecule has 11 nitrogen and oxygen atoms in total. The zero-order valence-electron chi connectivity index (χ0n) is 30.2. The topological polar surface area (TPSA) is 127 Å². The van der Waals surface area contributed by atoms with Gasteiger partial charge < -0.3 is 24.0 Å². The molecule has 2 bridgehead atoms. The highest BCUT2D eigenvalue weighted by Crippen LogP contribution is 2.47. The van der Waals surface area contributed by atoms with Crippen molar-refractivity contribution in [3.63, 3.8) is 0 Å². The van der Waals surface area contributed by atoms with E-state index in [-0.39, 0.29) is 35.3 Å². The van der Waals surface area contributed by atoms with E-state index in [2.05, 4.69) is 38.3 Å². The van der Waals surface area contributed by atoms with Gasteiger partial charge in [0.15, 0.2) is 0 Å². The summed E-state index contributed by atoms with van der Waals surface area (Å²) >= 11 is 6.45. The standard InChI is InChI=1S/C39H49ClN4O7S/c1-25-6-4-8-34(49-2)31-12-9-28(31)20-44-23-39(16-5-7-26-18-30(40)11-13-32(26)39)24-51-35-14-10-27(19-33(35)44)36(45)41-52(48,22-25)42-37(46)29-15-17-43(21-29)38(47)50-3/h4,8,10-11,13-14,18-19,25,28-29,31,34H,5-7,9,12,15-17,20-24H2,1-3H3,(H,41,42,45,46,48)/b8-4+/t25-,28-,29+,31+,34-,39-,52?/m0/s1. The first-order chi connectivity index (χ1) is 25.0. The second-order valence-corrected chi connectivity index (χ2v) is 17.8. The lowest BCUT2D eigenvalue weighted by molar-refractivity contribution is -0.122. The molecule has 7 rings (SSSR count). The third kappa shape index (κ3) is 7.43. The van der Waals surface area contributed by atoms with Crippen LogP contribution in [0.15, 0.2) is 52.9 Å². The van der Waals surface area contributed by atoms with E-state index in [0.717, 1.165) is 49.4 Å². The van der Waals surface area contributed by atoms with E-state index in [9.17, 15) is 18.6 Å². The van der Waals surface area contributed by atoms with Gasteiger partial charge in [-0.15, -0.1) is 4.36 Å². The van der Waals surface area contributed by atoms with Crippen LogP contribution in [-0.2, 0) is 36.0 Å². The van der Waals surface area contributed by atoms with Gasteiger partial charge in [0.25, 0.3) is 5.91 Å². The number of hydrogen-bond donors (Lipinski definition) is 1. The molecule has 52 heavy (non-hydrogen) atoms. The van der Waals surface area contributed by atoms with Crippen LogP contribution in [0, 0.1) is 23.7 Å². The van der Waals surface area contributed by atoms with Gasteiger partial charge >= 0.3 is 6.09 Å². The summed E-state index contributed by atoms with van der Waals surface area (Å²) in [5.41, 5.74) is 3.33. The molecule has 1 spiro atoms. The van der Waals surface area contributed by atoms with E-state index in [1.165, 1.54) is 23.1 Å². The van der Waals surface area contributed by atoms with E-state index >= 15 is 0 Å². The smallest absolute Gasteiger partial charge is 0.409 e. The number of allylic oxidation sites excluding steroid dienone is 1. The van der Waals surface area contributed by atoms with Gasteiger partial charge in [0.1, 0.15) is 15.7 Å². The van der Waals surface area contributed by atoms with Gasteiger partial charge in [-0.2, -0.15) is 0 Å². The minimum absolute atomic E-state index is 0.0158. The SMILES string of the molecule is COC(=O)N1CC[C@@H](C(=O)NS2(=O)=NC(=O)c3ccc4c(c3)N(C[C@@H]3CC[C@H]3[C@@H](OC)/C=C/C[C@H](C)C2)C[C@@]2(CCCc3cc(Cl)ccc32)CO4)C1. The van der Waals surface area contributed by atoms with Crippen molar-refractivity contribution in [3.05, 3.63) is 70.3 Å². The Morgan fingerprint density at radius 2 is 1.96 bits per heavy atom. The Hall–Kier alpha value is -3.61. The van der Waals surface area contributed by atoms with Crippen LogP contribution in [0.1, 0.15) is 66.9 Å². The van der Waals surface area contributed by atoms with Gasteiger partial charge in [0.05, 0.1) is 37.2 Å². The molecule has 2 aromatic rings. The second kappa shape index (κ2) is 15.0. The number of amides is 3. The summed E-state index contributed by atoms with van der Waals surface area (Å²) in [6.07, 6.45) is 9.63. The van der Waals surface area contributed by atoms with Crippen molar-refractivity contribution < 1.29 is 32.8 Å². The molecular weight excluding hydrogens is 704 g/mol. The number of hydrogen-bond acceptors (Lipinski definition) is 8. The zero-order valence-corrected chi connectivity index (χ0v) is 31.8. The molecule has 1 unspecified atom stereocenters. The molecule has 0 radical (unpaired) electrons. The molecule has 1 saturated carbocycles. The van der Waals surface area contributed by atoms with Crippen LogP contribution in [0.5, 0.6) is 5.75 Å². The van der Waals surface area contributed by atoms with Gasteiger partial charge in [-0.05, 0) is 104 Å². The second-order valence-electron chi connectivity index (χ2n) is 15.3. The predicted octanol–water partition coefficient (Wildman–Crippen LogP) is 6.18. The summed E-state index contributed by atoms with van der Waals surface area (Å²) in [5, 5.41) is 0.732. The molecular formula is C39H49ClN4O7S. The number of ether oxygens (including phenoxy) is 3. The van der Waals surface area contributed by atoms with Gasteiger partial charge in [-0.25, -0.2) is 9.00 Å². The molecule has 3 amide bonds. The van der Waals surface area contributed by atoms with E-state index in [1.807, 2.05) is 25.1 Å². The first-order valence-corrected chi connectivity index (χ1v) is 20.5. The van der Waals surface area contributed by atoms with E-state index in [0.29, 0.717) is 50.1 Å². The Bertz CT molecular complexity index is 1880. The maximum absolute atomic E-state index is 14.6. The highest BCUT2D eigenvalue weighted by molar-refractivity contribution is 7.92. The molecule has 5 aliphatic rings. The van der Waals surface area contributed by atoms with Crippen LogP contribution < -0.4 is 14.4 Å². The number of fused-ring (bicyclic) bond motifs is 4. The Kier molecular flexibility index (Phi) is 10.6. The summed E-state index contributed by atoms with van der Waals surface area (Å²) in [6, 6.07) is 11.5. The lowest BCUT2D eigenvalue weighted by Gasteiger charge is -2.46. The average molecular weight is 753 g/mol. The fourth-order valence-electron chi connectivity index (χ4n) is 8.88. The van der Waals surface area contributed by atoms with Crippen LogP contribution in [0.2, 0.25) is 5.02 Å².